The van der Waals surface area contributed by atoms with E-state index >= 15 is 0 Å². The molecule has 4 amide bonds. The Hall–Kier alpha value is -2.12. The number of para-hydroxylation sites is 1. The first kappa shape index (κ1) is 19.6. The standard InChI is InChI=1S/C19H25ClN4O3/c1-13(2)11-23-9-7-19(8-10-23)17(26)24(18(27)22-19)12-16(25)21-15-6-4-3-5-14(15)20/h3-6,13H,7-12H2,1-2H3,(H,21,25)(H,22,27). The highest BCUT2D eigenvalue weighted by atomic mass is 35.5. The van der Waals surface area contributed by atoms with E-state index in [1.165, 1.54) is 0 Å². The number of carbonyl (C=O) groups is 3. The van der Waals surface area contributed by atoms with Gasteiger partial charge in [-0.3, -0.25) is 14.5 Å². The second kappa shape index (κ2) is 7.86. The molecule has 0 aromatic heterocycles. The van der Waals surface area contributed by atoms with Crippen molar-refractivity contribution in [3.8, 4) is 0 Å². The Morgan fingerprint density at radius 2 is 1.93 bits per heavy atom. The number of halogens is 1. The Morgan fingerprint density at radius 1 is 1.26 bits per heavy atom. The normalized spacial score (nSPS) is 19.6. The van der Waals surface area contributed by atoms with Crippen LogP contribution in [0.4, 0.5) is 10.5 Å². The maximum atomic E-state index is 12.9. The Morgan fingerprint density at radius 3 is 2.56 bits per heavy atom. The number of anilines is 1. The van der Waals surface area contributed by atoms with Crippen molar-refractivity contribution in [1.82, 2.24) is 15.1 Å². The third kappa shape index (κ3) is 4.25. The maximum Gasteiger partial charge on any atom is 0.325 e. The third-order valence-corrected chi connectivity index (χ3v) is 5.36. The minimum Gasteiger partial charge on any atom is -0.323 e. The molecule has 1 spiro atoms. The second-order valence-corrected chi connectivity index (χ2v) is 8.03. The van der Waals surface area contributed by atoms with Gasteiger partial charge in [0.25, 0.3) is 5.91 Å². The van der Waals surface area contributed by atoms with Gasteiger partial charge in [-0.15, -0.1) is 0 Å². The summed E-state index contributed by atoms with van der Waals surface area (Å²) in [4.78, 5) is 40.9. The summed E-state index contributed by atoms with van der Waals surface area (Å²) in [6, 6.07) is 6.31. The fraction of sp³-hybridized carbons (Fsp3) is 0.526. The molecule has 2 aliphatic heterocycles. The fourth-order valence-corrected chi connectivity index (χ4v) is 3.87. The van der Waals surface area contributed by atoms with Gasteiger partial charge in [0.1, 0.15) is 12.1 Å². The number of imide groups is 1. The molecule has 0 saturated carbocycles. The molecular weight excluding hydrogens is 368 g/mol. The zero-order chi connectivity index (χ0) is 19.6. The molecule has 146 valence electrons. The molecule has 8 heteroatoms. The van der Waals surface area contributed by atoms with Crippen LogP contribution < -0.4 is 10.6 Å². The third-order valence-electron chi connectivity index (χ3n) is 5.03. The van der Waals surface area contributed by atoms with Gasteiger partial charge in [0.15, 0.2) is 0 Å². The molecule has 2 N–H and O–H groups in total. The van der Waals surface area contributed by atoms with Crippen LogP contribution in [-0.2, 0) is 9.59 Å². The number of amides is 4. The van der Waals surface area contributed by atoms with Crippen molar-refractivity contribution < 1.29 is 14.4 Å². The molecule has 0 unspecified atom stereocenters. The van der Waals surface area contributed by atoms with Gasteiger partial charge >= 0.3 is 6.03 Å². The molecule has 2 fully saturated rings. The lowest BCUT2D eigenvalue weighted by Gasteiger charge is -2.37. The number of nitrogens with one attached hydrogen (secondary N) is 2. The summed E-state index contributed by atoms with van der Waals surface area (Å²) in [5.41, 5.74) is -0.428. The van der Waals surface area contributed by atoms with E-state index in [2.05, 4.69) is 29.4 Å². The van der Waals surface area contributed by atoms with Crippen molar-refractivity contribution in [1.29, 1.82) is 0 Å². The summed E-state index contributed by atoms with van der Waals surface area (Å²) in [6.07, 6.45) is 1.12. The van der Waals surface area contributed by atoms with Crippen LogP contribution in [0.2, 0.25) is 5.02 Å². The van der Waals surface area contributed by atoms with Crippen molar-refractivity contribution in [2.24, 2.45) is 5.92 Å². The highest BCUT2D eigenvalue weighted by Crippen LogP contribution is 2.30. The SMILES string of the molecule is CC(C)CN1CCC2(CC1)NC(=O)N(CC(=O)Nc1ccccc1Cl)C2=O. The Kier molecular flexibility index (Phi) is 5.72. The van der Waals surface area contributed by atoms with Gasteiger partial charge in [0.2, 0.25) is 5.91 Å². The molecule has 27 heavy (non-hydrogen) atoms. The smallest absolute Gasteiger partial charge is 0.323 e. The summed E-state index contributed by atoms with van der Waals surface area (Å²) in [6.45, 7) is 6.47. The molecule has 3 rings (SSSR count). The highest BCUT2D eigenvalue weighted by molar-refractivity contribution is 6.33. The zero-order valence-corrected chi connectivity index (χ0v) is 16.4. The molecule has 0 atom stereocenters. The van der Waals surface area contributed by atoms with Gasteiger partial charge in [0.05, 0.1) is 10.7 Å². The fourth-order valence-electron chi connectivity index (χ4n) is 3.69. The van der Waals surface area contributed by atoms with Gasteiger partial charge in [-0.25, -0.2) is 4.79 Å². The molecule has 2 saturated heterocycles. The van der Waals surface area contributed by atoms with E-state index in [0.29, 0.717) is 29.5 Å². The predicted octanol–water partition coefficient (Wildman–Crippen LogP) is 2.32. The van der Waals surface area contributed by atoms with Gasteiger partial charge in [-0.05, 0) is 30.9 Å². The van der Waals surface area contributed by atoms with Gasteiger partial charge in [-0.2, -0.15) is 0 Å². The van der Waals surface area contributed by atoms with E-state index < -0.39 is 17.5 Å². The summed E-state index contributed by atoms with van der Waals surface area (Å²) in [5, 5.41) is 5.87. The summed E-state index contributed by atoms with van der Waals surface area (Å²) < 4.78 is 0. The number of likely N-dealkylation sites (tertiary alicyclic amines) is 1. The number of benzene rings is 1. The van der Waals surface area contributed by atoms with Crippen LogP contribution in [0.25, 0.3) is 0 Å². The number of urea groups is 1. The van der Waals surface area contributed by atoms with E-state index in [9.17, 15) is 14.4 Å². The van der Waals surface area contributed by atoms with Crippen LogP contribution in [0.15, 0.2) is 24.3 Å². The van der Waals surface area contributed by atoms with Crippen LogP contribution in [0.1, 0.15) is 26.7 Å². The topological polar surface area (TPSA) is 81.8 Å². The average Bonchev–Trinajstić information content (AvgIpc) is 2.83. The largest absolute Gasteiger partial charge is 0.325 e. The van der Waals surface area contributed by atoms with Crippen molar-refractivity contribution in [3.63, 3.8) is 0 Å². The van der Waals surface area contributed by atoms with Crippen molar-refractivity contribution in [3.05, 3.63) is 29.3 Å². The van der Waals surface area contributed by atoms with E-state index in [4.69, 9.17) is 11.6 Å². The number of piperidine rings is 1. The molecule has 0 aliphatic carbocycles. The lowest BCUT2D eigenvalue weighted by atomic mass is 9.87. The van der Waals surface area contributed by atoms with Crippen molar-refractivity contribution in [2.75, 3.05) is 31.5 Å². The Labute approximate surface area is 164 Å². The lowest BCUT2D eigenvalue weighted by Crippen LogP contribution is -2.55. The number of carbonyl (C=O) groups excluding carboxylic acids is 3. The van der Waals surface area contributed by atoms with E-state index in [0.717, 1.165) is 24.5 Å². The lowest BCUT2D eigenvalue weighted by molar-refractivity contribution is -0.135. The van der Waals surface area contributed by atoms with Crippen molar-refractivity contribution in [2.45, 2.75) is 32.2 Å². The average molecular weight is 393 g/mol. The molecule has 2 heterocycles. The number of hydrogen-bond donors (Lipinski definition) is 2. The first-order chi connectivity index (χ1) is 12.8. The predicted molar refractivity (Wildman–Crippen MR) is 104 cm³/mol. The van der Waals surface area contributed by atoms with Crippen LogP contribution in [0, 0.1) is 5.92 Å². The zero-order valence-electron chi connectivity index (χ0n) is 15.6. The molecule has 1 aromatic rings. The maximum absolute atomic E-state index is 12.9. The summed E-state index contributed by atoms with van der Waals surface area (Å²) in [5.74, 6) is -0.218. The molecule has 7 nitrogen and oxygen atoms in total. The molecular formula is C19H25ClN4O3. The quantitative estimate of drug-likeness (QED) is 0.753. The van der Waals surface area contributed by atoms with Crippen LogP contribution in [0.3, 0.4) is 0 Å². The van der Waals surface area contributed by atoms with Gasteiger partial charge in [0, 0.05) is 19.6 Å². The molecule has 1 aromatic carbocycles. The second-order valence-electron chi connectivity index (χ2n) is 7.63. The molecule has 2 aliphatic rings. The van der Waals surface area contributed by atoms with E-state index in [-0.39, 0.29) is 12.5 Å². The first-order valence-corrected chi connectivity index (χ1v) is 9.59. The Bertz CT molecular complexity index is 744. The number of rotatable bonds is 5. The molecule has 0 bridgehead atoms. The Balaban J connectivity index is 1.61. The first-order valence-electron chi connectivity index (χ1n) is 9.21. The van der Waals surface area contributed by atoms with Crippen molar-refractivity contribution >= 4 is 35.1 Å². The van der Waals surface area contributed by atoms with E-state index in [1.54, 1.807) is 24.3 Å². The minimum absolute atomic E-state index is 0.314. The minimum atomic E-state index is -0.880. The molecule has 0 radical (unpaired) electrons. The van der Waals surface area contributed by atoms with Gasteiger partial charge in [-0.1, -0.05) is 37.6 Å². The monoisotopic (exact) mass is 392 g/mol. The van der Waals surface area contributed by atoms with E-state index in [1.807, 2.05) is 0 Å². The van der Waals surface area contributed by atoms with Crippen LogP contribution in [-0.4, -0.2) is 59.4 Å². The highest BCUT2D eigenvalue weighted by Gasteiger charge is 2.52. The van der Waals surface area contributed by atoms with Gasteiger partial charge < -0.3 is 15.5 Å². The van der Waals surface area contributed by atoms with Crippen LogP contribution >= 0.6 is 11.6 Å². The number of nitrogens with zero attached hydrogens (tertiary/aromatic N) is 2. The summed E-state index contributed by atoms with van der Waals surface area (Å²) >= 11 is 6.03. The summed E-state index contributed by atoms with van der Waals surface area (Å²) in [7, 11) is 0. The van der Waals surface area contributed by atoms with Crippen LogP contribution in [0.5, 0.6) is 0 Å². The number of hydrogen-bond acceptors (Lipinski definition) is 4.